The van der Waals surface area contributed by atoms with Crippen LogP contribution in [0, 0.1) is 6.92 Å². The van der Waals surface area contributed by atoms with Crippen LogP contribution in [-0.4, -0.2) is 28.0 Å². The largest absolute Gasteiger partial charge is 0.360 e. The van der Waals surface area contributed by atoms with Crippen LogP contribution in [0.2, 0.25) is 0 Å². The topological polar surface area (TPSA) is 46.3 Å². The fourth-order valence-electron chi connectivity index (χ4n) is 3.37. The van der Waals surface area contributed by atoms with Crippen molar-refractivity contribution in [1.29, 1.82) is 0 Å². The van der Waals surface area contributed by atoms with Crippen LogP contribution in [0.15, 0.2) is 34.9 Å². The minimum absolute atomic E-state index is 0.0392. The van der Waals surface area contributed by atoms with E-state index in [2.05, 4.69) is 19.0 Å². The highest BCUT2D eigenvalue weighted by molar-refractivity contribution is 6.01. The summed E-state index contributed by atoms with van der Waals surface area (Å²) >= 11 is 0. The molecule has 0 bridgehead atoms. The molecule has 0 N–H and O–H groups in total. The zero-order chi connectivity index (χ0) is 15.7. The fraction of sp³-hybridized carbons (Fsp3) is 0.444. The molecule has 1 aromatic heterocycles. The average Bonchev–Trinajstić information content (AvgIpc) is 2.89. The lowest BCUT2D eigenvalue weighted by molar-refractivity contribution is 0.0509. The summed E-state index contributed by atoms with van der Waals surface area (Å²) in [6.45, 7) is 6.06. The molecule has 0 saturated carbocycles. The van der Waals surface area contributed by atoms with Gasteiger partial charge in [0.05, 0.1) is 0 Å². The summed E-state index contributed by atoms with van der Waals surface area (Å²) in [5.74, 6) is 0.631. The summed E-state index contributed by atoms with van der Waals surface area (Å²) in [6, 6.07) is 10.3. The number of rotatable bonds is 2. The number of benzene rings is 1. The van der Waals surface area contributed by atoms with E-state index in [0.29, 0.717) is 17.0 Å². The molecule has 0 aliphatic carbocycles. The maximum atomic E-state index is 13.1. The highest BCUT2D eigenvalue weighted by Crippen LogP contribution is 2.30. The second-order valence-electron chi connectivity index (χ2n) is 6.17. The molecule has 1 amide bonds. The lowest BCUT2D eigenvalue weighted by Gasteiger charge is -2.39. The second-order valence-corrected chi connectivity index (χ2v) is 6.17. The zero-order valence-electron chi connectivity index (χ0n) is 13.4. The Kier molecular flexibility index (Phi) is 4.01. The Morgan fingerprint density at radius 3 is 2.45 bits per heavy atom. The van der Waals surface area contributed by atoms with Crippen LogP contribution in [0.3, 0.4) is 0 Å². The Hall–Kier alpha value is -2.10. The van der Waals surface area contributed by atoms with E-state index in [0.717, 1.165) is 18.4 Å². The molecule has 2 aromatic rings. The smallest absolute Gasteiger partial charge is 0.260 e. The van der Waals surface area contributed by atoms with Crippen LogP contribution in [0.5, 0.6) is 0 Å². The van der Waals surface area contributed by atoms with Gasteiger partial charge in [0.2, 0.25) is 0 Å². The second kappa shape index (κ2) is 5.95. The van der Waals surface area contributed by atoms with E-state index in [4.69, 9.17) is 4.52 Å². The quantitative estimate of drug-likeness (QED) is 0.840. The molecule has 1 aliphatic rings. The Labute approximate surface area is 131 Å². The summed E-state index contributed by atoms with van der Waals surface area (Å²) in [7, 11) is 0. The van der Waals surface area contributed by atoms with Crippen molar-refractivity contribution in [1.82, 2.24) is 10.1 Å². The summed E-state index contributed by atoms with van der Waals surface area (Å²) in [6.07, 6.45) is 3.29. The van der Waals surface area contributed by atoms with Crippen molar-refractivity contribution in [2.75, 3.05) is 0 Å². The van der Waals surface area contributed by atoms with Crippen LogP contribution in [-0.2, 0) is 0 Å². The van der Waals surface area contributed by atoms with Gasteiger partial charge in [0, 0.05) is 17.6 Å². The van der Waals surface area contributed by atoms with Gasteiger partial charge in [-0.05, 0) is 40.0 Å². The van der Waals surface area contributed by atoms with Crippen molar-refractivity contribution in [2.24, 2.45) is 0 Å². The number of aryl methyl sites for hydroxylation is 1. The fourth-order valence-corrected chi connectivity index (χ4v) is 3.37. The monoisotopic (exact) mass is 298 g/mol. The van der Waals surface area contributed by atoms with Gasteiger partial charge in [0.25, 0.3) is 5.91 Å². The van der Waals surface area contributed by atoms with E-state index >= 15 is 0 Å². The molecule has 1 fully saturated rings. The predicted molar refractivity (Wildman–Crippen MR) is 85.6 cm³/mol. The molecule has 1 aromatic carbocycles. The maximum absolute atomic E-state index is 13.1. The normalized spacial score (nSPS) is 21.9. The van der Waals surface area contributed by atoms with Crippen LogP contribution < -0.4 is 0 Å². The third kappa shape index (κ3) is 2.54. The molecular weight excluding hydrogens is 276 g/mol. The molecule has 4 nitrogen and oxygen atoms in total. The van der Waals surface area contributed by atoms with E-state index in [9.17, 15) is 4.79 Å². The van der Waals surface area contributed by atoms with E-state index in [1.807, 2.05) is 42.2 Å². The number of hydrogen-bond donors (Lipinski definition) is 0. The molecule has 2 atom stereocenters. The highest BCUT2D eigenvalue weighted by Gasteiger charge is 2.33. The standard InChI is InChI=1S/C18H22N2O2/c1-12-8-7-9-13(2)20(12)18(21)16-14(3)22-19-17(16)15-10-5-4-6-11-15/h4-6,10-13H,7-9H2,1-3H3/t12-,13+. The van der Waals surface area contributed by atoms with Crippen molar-refractivity contribution < 1.29 is 9.32 Å². The minimum atomic E-state index is 0.0392. The Morgan fingerprint density at radius 2 is 1.82 bits per heavy atom. The molecular formula is C18H22N2O2. The lowest BCUT2D eigenvalue weighted by Crippen LogP contribution is -2.47. The molecule has 0 spiro atoms. The highest BCUT2D eigenvalue weighted by atomic mass is 16.5. The van der Waals surface area contributed by atoms with Gasteiger partial charge < -0.3 is 9.42 Å². The number of nitrogens with zero attached hydrogens (tertiary/aromatic N) is 2. The van der Waals surface area contributed by atoms with E-state index in [-0.39, 0.29) is 18.0 Å². The first-order chi connectivity index (χ1) is 10.6. The van der Waals surface area contributed by atoms with Crippen molar-refractivity contribution in [3.05, 3.63) is 41.7 Å². The summed E-state index contributed by atoms with van der Waals surface area (Å²) in [5, 5.41) is 4.13. The van der Waals surface area contributed by atoms with Crippen molar-refractivity contribution in [2.45, 2.75) is 52.1 Å². The molecule has 2 heterocycles. The van der Waals surface area contributed by atoms with Gasteiger partial charge >= 0.3 is 0 Å². The Bertz CT molecular complexity index is 653. The molecule has 0 unspecified atom stereocenters. The first-order valence-corrected chi connectivity index (χ1v) is 7.94. The van der Waals surface area contributed by atoms with Gasteiger partial charge in [-0.25, -0.2) is 0 Å². The van der Waals surface area contributed by atoms with Crippen LogP contribution in [0.4, 0.5) is 0 Å². The van der Waals surface area contributed by atoms with Crippen molar-refractivity contribution in [3.63, 3.8) is 0 Å². The van der Waals surface area contributed by atoms with Crippen LogP contribution in [0.1, 0.15) is 49.2 Å². The predicted octanol–water partition coefficient (Wildman–Crippen LogP) is 4.05. The molecule has 1 saturated heterocycles. The lowest BCUT2D eigenvalue weighted by atomic mass is 9.95. The van der Waals surface area contributed by atoms with E-state index in [1.54, 1.807) is 0 Å². The van der Waals surface area contributed by atoms with Gasteiger partial charge in [-0.1, -0.05) is 35.5 Å². The number of likely N-dealkylation sites (tertiary alicyclic amines) is 1. The number of piperidine rings is 1. The number of hydrogen-bond acceptors (Lipinski definition) is 3. The van der Waals surface area contributed by atoms with Gasteiger partial charge in [-0.2, -0.15) is 0 Å². The first kappa shape index (κ1) is 14.8. The number of carbonyl (C=O) groups excluding carboxylic acids is 1. The summed E-state index contributed by atoms with van der Waals surface area (Å²) in [4.78, 5) is 15.1. The van der Waals surface area contributed by atoms with Crippen molar-refractivity contribution >= 4 is 5.91 Å². The molecule has 3 rings (SSSR count). The summed E-state index contributed by atoms with van der Waals surface area (Å²) in [5.41, 5.74) is 2.17. The van der Waals surface area contributed by atoms with Gasteiger partial charge in [0.15, 0.2) is 0 Å². The van der Waals surface area contributed by atoms with E-state index < -0.39 is 0 Å². The van der Waals surface area contributed by atoms with Crippen LogP contribution in [0.25, 0.3) is 11.3 Å². The molecule has 0 radical (unpaired) electrons. The third-order valence-electron chi connectivity index (χ3n) is 4.55. The molecule has 116 valence electrons. The first-order valence-electron chi connectivity index (χ1n) is 7.94. The summed E-state index contributed by atoms with van der Waals surface area (Å²) < 4.78 is 5.33. The van der Waals surface area contributed by atoms with Gasteiger partial charge in [0.1, 0.15) is 17.0 Å². The zero-order valence-corrected chi connectivity index (χ0v) is 13.4. The molecule has 4 heteroatoms. The minimum Gasteiger partial charge on any atom is -0.360 e. The third-order valence-corrected chi connectivity index (χ3v) is 4.55. The van der Waals surface area contributed by atoms with Gasteiger partial charge in [-0.3, -0.25) is 4.79 Å². The van der Waals surface area contributed by atoms with Crippen LogP contribution >= 0.6 is 0 Å². The van der Waals surface area contributed by atoms with E-state index in [1.165, 1.54) is 6.42 Å². The molecule has 22 heavy (non-hydrogen) atoms. The number of aromatic nitrogens is 1. The Morgan fingerprint density at radius 1 is 1.18 bits per heavy atom. The number of carbonyl (C=O) groups is 1. The maximum Gasteiger partial charge on any atom is 0.260 e. The average molecular weight is 298 g/mol. The SMILES string of the molecule is Cc1onc(-c2ccccc2)c1C(=O)N1[C@H](C)CCC[C@@H]1C. The van der Waals surface area contributed by atoms with Crippen molar-refractivity contribution in [3.8, 4) is 11.3 Å². The number of amides is 1. The molecule has 1 aliphatic heterocycles. The van der Waals surface area contributed by atoms with Gasteiger partial charge in [-0.15, -0.1) is 0 Å². The Balaban J connectivity index is 2.01.